The lowest BCUT2D eigenvalue weighted by Gasteiger charge is -2.23. The Morgan fingerprint density at radius 1 is 1.32 bits per heavy atom. The van der Waals surface area contributed by atoms with Crippen LogP contribution in [0.1, 0.15) is 36.0 Å². The minimum absolute atomic E-state index is 0.114. The Morgan fingerprint density at radius 3 is 2.91 bits per heavy atom. The smallest absolute Gasteiger partial charge is 0.253 e. The Labute approximate surface area is 131 Å². The Morgan fingerprint density at radius 2 is 2.14 bits per heavy atom. The van der Waals surface area contributed by atoms with Gasteiger partial charge in [-0.1, -0.05) is 18.2 Å². The molecule has 2 atom stereocenters. The van der Waals surface area contributed by atoms with E-state index >= 15 is 0 Å². The summed E-state index contributed by atoms with van der Waals surface area (Å²) < 4.78 is 12.0. The number of likely N-dealkylation sites (tertiary alicyclic amines) is 1. The molecule has 3 aliphatic rings. The zero-order valence-corrected chi connectivity index (χ0v) is 12.9. The van der Waals surface area contributed by atoms with Crippen molar-refractivity contribution in [3.63, 3.8) is 0 Å². The van der Waals surface area contributed by atoms with Crippen molar-refractivity contribution >= 4 is 5.91 Å². The molecule has 0 aromatic heterocycles. The molecule has 2 aliphatic heterocycles. The Hall–Kier alpha value is -1.39. The van der Waals surface area contributed by atoms with Crippen molar-refractivity contribution in [2.45, 2.75) is 37.4 Å². The van der Waals surface area contributed by atoms with Gasteiger partial charge in [-0.3, -0.25) is 4.79 Å². The van der Waals surface area contributed by atoms with Gasteiger partial charge in [-0.15, -0.1) is 0 Å². The minimum Gasteiger partial charge on any atom is -0.375 e. The highest BCUT2D eigenvalue weighted by Crippen LogP contribution is 2.38. The summed E-state index contributed by atoms with van der Waals surface area (Å²) >= 11 is 0. The third-order valence-corrected chi connectivity index (χ3v) is 5.06. The molecule has 1 aromatic carbocycles. The fourth-order valence-electron chi connectivity index (χ4n) is 3.53. The van der Waals surface area contributed by atoms with Gasteiger partial charge in [0.2, 0.25) is 0 Å². The zero-order chi connectivity index (χ0) is 15.0. The quantitative estimate of drug-likeness (QED) is 0.857. The van der Waals surface area contributed by atoms with Crippen LogP contribution in [-0.2, 0) is 9.47 Å². The van der Waals surface area contributed by atoms with E-state index < -0.39 is 0 Å². The number of hydrogen-bond acceptors (Lipinski definition) is 3. The lowest BCUT2D eigenvalue weighted by atomic mass is 9.98. The van der Waals surface area contributed by atoms with Gasteiger partial charge in [0.15, 0.2) is 0 Å². The van der Waals surface area contributed by atoms with E-state index in [0.717, 1.165) is 37.5 Å². The topological polar surface area (TPSA) is 38.8 Å². The van der Waals surface area contributed by atoms with Crippen LogP contribution in [0.4, 0.5) is 0 Å². The molecule has 0 N–H and O–H groups in total. The highest BCUT2D eigenvalue weighted by molar-refractivity contribution is 5.94. The molecule has 1 aromatic rings. The van der Waals surface area contributed by atoms with Crippen LogP contribution in [0.2, 0.25) is 0 Å². The largest absolute Gasteiger partial charge is 0.375 e. The summed E-state index contributed by atoms with van der Waals surface area (Å²) in [5, 5.41) is 0. The predicted molar refractivity (Wildman–Crippen MR) is 82.7 cm³/mol. The average molecular weight is 301 g/mol. The average Bonchev–Trinajstić information content (AvgIpc) is 3.18. The second-order valence-electron chi connectivity index (χ2n) is 6.94. The number of hydrogen-bond donors (Lipinski definition) is 0. The van der Waals surface area contributed by atoms with E-state index in [4.69, 9.17) is 9.47 Å². The number of ether oxygens (including phenoxy) is 2. The van der Waals surface area contributed by atoms with Gasteiger partial charge in [-0.2, -0.15) is 0 Å². The van der Waals surface area contributed by atoms with E-state index in [1.54, 1.807) is 0 Å². The molecule has 2 saturated heterocycles. The summed E-state index contributed by atoms with van der Waals surface area (Å²) in [6.07, 6.45) is 4.70. The standard InChI is InChI=1S/C18H23NO3/c20-17(15-4-2-1-3-5-15)19-9-8-18(13-19)10-16(12-22-18)21-11-14-6-7-14/h1-5,14,16H,6-13H2. The number of carbonyl (C=O) groups is 1. The van der Waals surface area contributed by atoms with E-state index in [1.165, 1.54) is 12.8 Å². The maximum absolute atomic E-state index is 12.5. The lowest BCUT2D eigenvalue weighted by Crippen LogP contribution is -2.36. The molecular weight excluding hydrogens is 278 g/mol. The zero-order valence-electron chi connectivity index (χ0n) is 12.9. The third-order valence-electron chi connectivity index (χ3n) is 5.06. The molecule has 4 heteroatoms. The van der Waals surface area contributed by atoms with E-state index in [-0.39, 0.29) is 17.6 Å². The van der Waals surface area contributed by atoms with Crippen LogP contribution in [0.25, 0.3) is 0 Å². The predicted octanol–water partition coefficient (Wildman–Crippen LogP) is 2.49. The van der Waals surface area contributed by atoms with E-state index in [2.05, 4.69) is 0 Å². The number of nitrogens with zero attached hydrogens (tertiary/aromatic N) is 1. The van der Waals surface area contributed by atoms with Crippen LogP contribution in [-0.4, -0.2) is 48.8 Å². The summed E-state index contributed by atoms with van der Waals surface area (Å²) in [6.45, 7) is 3.05. The molecule has 22 heavy (non-hydrogen) atoms. The molecule has 118 valence electrons. The maximum Gasteiger partial charge on any atom is 0.253 e. The SMILES string of the molecule is O=C(c1ccccc1)N1CCC2(CC(OCC3CC3)CO2)C1. The molecule has 1 saturated carbocycles. The van der Waals surface area contributed by atoms with Gasteiger partial charge in [0.1, 0.15) is 0 Å². The summed E-state index contributed by atoms with van der Waals surface area (Å²) in [5.41, 5.74) is 0.595. The fourth-order valence-corrected chi connectivity index (χ4v) is 3.53. The second kappa shape index (κ2) is 5.67. The molecule has 2 heterocycles. The number of carbonyl (C=O) groups excluding carboxylic acids is 1. The first-order chi connectivity index (χ1) is 10.7. The molecular formula is C18H23NO3. The normalized spacial score (nSPS) is 31.1. The lowest BCUT2D eigenvalue weighted by molar-refractivity contribution is 0.00157. The van der Waals surface area contributed by atoms with Crippen molar-refractivity contribution in [3.8, 4) is 0 Å². The van der Waals surface area contributed by atoms with Crippen molar-refractivity contribution in [3.05, 3.63) is 35.9 Å². The van der Waals surface area contributed by atoms with Gasteiger partial charge in [0.05, 0.1) is 24.9 Å². The monoisotopic (exact) mass is 301 g/mol. The molecule has 4 nitrogen and oxygen atoms in total. The van der Waals surface area contributed by atoms with Crippen LogP contribution in [0.5, 0.6) is 0 Å². The number of amides is 1. The summed E-state index contributed by atoms with van der Waals surface area (Å²) in [5.74, 6) is 0.903. The first kappa shape index (κ1) is 14.2. The van der Waals surface area contributed by atoms with Gasteiger partial charge < -0.3 is 14.4 Å². The second-order valence-corrected chi connectivity index (χ2v) is 6.94. The van der Waals surface area contributed by atoms with Crippen LogP contribution < -0.4 is 0 Å². The van der Waals surface area contributed by atoms with Crippen LogP contribution in [0, 0.1) is 5.92 Å². The van der Waals surface area contributed by atoms with Gasteiger partial charge in [0, 0.05) is 25.1 Å². The highest BCUT2D eigenvalue weighted by Gasteiger charge is 2.47. The maximum atomic E-state index is 12.5. The van der Waals surface area contributed by atoms with Gasteiger partial charge in [-0.05, 0) is 37.3 Å². The number of benzene rings is 1. The van der Waals surface area contributed by atoms with Crippen molar-refractivity contribution in [1.82, 2.24) is 4.90 Å². The van der Waals surface area contributed by atoms with Crippen LogP contribution in [0.3, 0.4) is 0 Å². The van der Waals surface area contributed by atoms with Gasteiger partial charge >= 0.3 is 0 Å². The fraction of sp³-hybridized carbons (Fsp3) is 0.611. The van der Waals surface area contributed by atoms with Crippen molar-refractivity contribution < 1.29 is 14.3 Å². The summed E-state index contributed by atoms with van der Waals surface area (Å²) in [7, 11) is 0. The van der Waals surface area contributed by atoms with Crippen LogP contribution in [0.15, 0.2) is 30.3 Å². The highest BCUT2D eigenvalue weighted by atomic mass is 16.6. The first-order valence-electron chi connectivity index (χ1n) is 8.34. The van der Waals surface area contributed by atoms with E-state index in [0.29, 0.717) is 13.2 Å². The van der Waals surface area contributed by atoms with Crippen LogP contribution >= 0.6 is 0 Å². The Balaban J connectivity index is 1.34. The molecule has 0 bridgehead atoms. The molecule has 4 rings (SSSR count). The Kier molecular flexibility index (Phi) is 3.66. The Bertz CT molecular complexity index is 543. The van der Waals surface area contributed by atoms with Gasteiger partial charge in [-0.25, -0.2) is 0 Å². The molecule has 1 spiro atoms. The van der Waals surface area contributed by atoms with Crippen molar-refractivity contribution in [1.29, 1.82) is 0 Å². The van der Waals surface area contributed by atoms with E-state index in [1.807, 2.05) is 35.2 Å². The van der Waals surface area contributed by atoms with E-state index in [9.17, 15) is 4.79 Å². The first-order valence-corrected chi connectivity index (χ1v) is 8.34. The molecule has 0 radical (unpaired) electrons. The number of rotatable bonds is 4. The van der Waals surface area contributed by atoms with Crippen molar-refractivity contribution in [2.75, 3.05) is 26.3 Å². The summed E-state index contributed by atoms with van der Waals surface area (Å²) in [4.78, 5) is 14.5. The minimum atomic E-state index is -0.168. The molecule has 1 aliphatic carbocycles. The third kappa shape index (κ3) is 2.90. The molecule has 3 fully saturated rings. The van der Waals surface area contributed by atoms with Crippen molar-refractivity contribution in [2.24, 2.45) is 5.92 Å². The molecule has 2 unspecified atom stereocenters. The molecule has 1 amide bonds. The summed E-state index contributed by atoms with van der Waals surface area (Å²) in [6, 6.07) is 9.51. The van der Waals surface area contributed by atoms with Gasteiger partial charge in [0.25, 0.3) is 5.91 Å².